The predicted octanol–water partition coefficient (Wildman–Crippen LogP) is 2.94. The maximum atomic E-state index is 6.11. The molecule has 1 heterocycles. The van der Waals surface area contributed by atoms with Crippen LogP contribution in [0.25, 0.3) is 11.5 Å². The van der Waals surface area contributed by atoms with Crippen molar-refractivity contribution in [1.29, 1.82) is 0 Å². The molecule has 1 atom stereocenters. The van der Waals surface area contributed by atoms with Crippen molar-refractivity contribution in [3.63, 3.8) is 0 Å². The molecule has 0 saturated heterocycles. The van der Waals surface area contributed by atoms with Crippen molar-refractivity contribution in [3.05, 3.63) is 35.2 Å². The molecule has 0 radical (unpaired) electrons. The van der Waals surface area contributed by atoms with Gasteiger partial charge >= 0.3 is 0 Å². The Bertz CT molecular complexity index is 558. The number of aromatic nitrogens is 2. The standard InChI is InChI=1S/C14H19N3O/c1-5-14(4,15)13-16-12(18-17-13)11-8-6-7-9(2)10(11)3/h6-8H,5,15H2,1-4H3. The molecule has 18 heavy (non-hydrogen) atoms. The van der Waals surface area contributed by atoms with E-state index in [0.717, 1.165) is 17.5 Å². The van der Waals surface area contributed by atoms with Crippen LogP contribution in [0.5, 0.6) is 0 Å². The Hall–Kier alpha value is -1.68. The van der Waals surface area contributed by atoms with Gasteiger partial charge in [0.15, 0.2) is 5.82 Å². The molecule has 0 aliphatic carbocycles. The van der Waals surface area contributed by atoms with Gasteiger partial charge in [-0.05, 0) is 44.4 Å². The van der Waals surface area contributed by atoms with Crippen LogP contribution in [0.3, 0.4) is 0 Å². The summed E-state index contributed by atoms with van der Waals surface area (Å²) in [6.45, 7) is 8.03. The zero-order valence-electron chi connectivity index (χ0n) is 11.3. The largest absolute Gasteiger partial charge is 0.334 e. The van der Waals surface area contributed by atoms with Crippen molar-refractivity contribution in [2.75, 3.05) is 0 Å². The third kappa shape index (κ3) is 2.16. The lowest BCUT2D eigenvalue weighted by Gasteiger charge is -2.16. The van der Waals surface area contributed by atoms with Crippen LogP contribution >= 0.6 is 0 Å². The minimum Gasteiger partial charge on any atom is -0.334 e. The van der Waals surface area contributed by atoms with Crippen molar-refractivity contribution in [2.24, 2.45) is 5.73 Å². The maximum absolute atomic E-state index is 6.11. The molecular weight excluding hydrogens is 226 g/mol. The van der Waals surface area contributed by atoms with Gasteiger partial charge in [0.05, 0.1) is 5.54 Å². The second-order valence-corrected chi connectivity index (χ2v) is 4.94. The van der Waals surface area contributed by atoms with Crippen LogP contribution in [-0.4, -0.2) is 10.1 Å². The van der Waals surface area contributed by atoms with E-state index in [0.29, 0.717) is 11.7 Å². The van der Waals surface area contributed by atoms with Gasteiger partial charge in [-0.15, -0.1) is 0 Å². The summed E-state index contributed by atoms with van der Waals surface area (Å²) in [4.78, 5) is 4.42. The first-order valence-corrected chi connectivity index (χ1v) is 6.15. The molecule has 0 bridgehead atoms. The van der Waals surface area contributed by atoms with Crippen molar-refractivity contribution in [1.82, 2.24) is 10.1 Å². The summed E-state index contributed by atoms with van der Waals surface area (Å²) in [5, 5.41) is 3.99. The van der Waals surface area contributed by atoms with E-state index in [9.17, 15) is 0 Å². The van der Waals surface area contributed by atoms with Crippen LogP contribution in [0.4, 0.5) is 0 Å². The van der Waals surface area contributed by atoms with E-state index < -0.39 is 5.54 Å². The first kappa shape index (κ1) is 12.8. The molecule has 0 amide bonds. The van der Waals surface area contributed by atoms with Crippen molar-refractivity contribution < 1.29 is 4.52 Å². The van der Waals surface area contributed by atoms with E-state index in [1.165, 1.54) is 5.56 Å². The van der Waals surface area contributed by atoms with E-state index in [-0.39, 0.29) is 0 Å². The highest BCUT2D eigenvalue weighted by Gasteiger charge is 2.25. The highest BCUT2D eigenvalue weighted by atomic mass is 16.5. The fourth-order valence-corrected chi connectivity index (χ4v) is 1.71. The summed E-state index contributed by atoms with van der Waals surface area (Å²) < 4.78 is 5.33. The molecule has 1 aromatic heterocycles. The van der Waals surface area contributed by atoms with Gasteiger partial charge in [-0.3, -0.25) is 0 Å². The van der Waals surface area contributed by atoms with Crippen LogP contribution in [0.2, 0.25) is 0 Å². The van der Waals surface area contributed by atoms with Crippen molar-refractivity contribution in [2.45, 2.75) is 39.7 Å². The van der Waals surface area contributed by atoms with E-state index >= 15 is 0 Å². The number of benzene rings is 1. The fraction of sp³-hybridized carbons (Fsp3) is 0.429. The Kier molecular flexibility index (Phi) is 3.22. The topological polar surface area (TPSA) is 64.9 Å². The fourth-order valence-electron chi connectivity index (χ4n) is 1.71. The average Bonchev–Trinajstić information content (AvgIpc) is 2.82. The van der Waals surface area contributed by atoms with Crippen LogP contribution in [0.1, 0.15) is 37.2 Å². The molecule has 1 unspecified atom stereocenters. The zero-order chi connectivity index (χ0) is 13.3. The molecule has 2 aromatic rings. The third-order valence-electron chi connectivity index (χ3n) is 3.51. The molecule has 0 saturated carbocycles. The Balaban J connectivity index is 2.45. The summed E-state index contributed by atoms with van der Waals surface area (Å²) >= 11 is 0. The van der Waals surface area contributed by atoms with Gasteiger partial charge in [0.2, 0.25) is 0 Å². The molecule has 96 valence electrons. The Labute approximate surface area is 107 Å². The van der Waals surface area contributed by atoms with Gasteiger partial charge in [-0.25, -0.2) is 0 Å². The number of rotatable bonds is 3. The molecular formula is C14H19N3O. The molecule has 0 aliphatic heterocycles. The van der Waals surface area contributed by atoms with Gasteiger partial charge < -0.3 is 10.3 Å². The SMILES string of the molecule is CCC(C)(N)c1noc(-c2cccc(C)c2C)n1. The number of nitrogens with zero attached hydrogens (tertiary/aromatic N) is 2. The van der Waals surface area contributed by atoms with Gasteiger partial charge in [-0.2, -0.15) is 4.98 Å². The number of nitrogens with two attached hydrogens (primary N) is 1. The first-order chi connectivity index (χ1) is 8.45. The predicted molar refractivity (Wildman–Crippen MR) is 71.0 cm³/mol. The monoisotopic (exact) mass is 245 g/mol. The van der Waals surface area contributed by atoms with E-state index in [2.05, 4.69) is 30.1 Å². The smallest absolute Gasteiger partial charge is 0.258 e. The molecule has 2 N–H and O–H groups in total. The lowest BCUT2D eigenvalue weighted by molar-refractivity contribution is 0.379. The number of hydrogen-bond donors (Lipinski definition) is 1. The van der Waals surface area contributed by atoms with Crippen LogP contribution in [-0.2, 0) is 5.54 Å². The first-order valence-electron chi connectivity index (χ1n) is 6.15. The molecule has 1 aromatic carbocycles. The minimum atomic E-state index is -0.542. The molecule has 4 heteroatoms. The van der Waals surface area contributed by atoms with Gasteiger partial charge in [0.1, 0.15) is 0 Å². The normalized spacial score (nSPS) is 14.5. The van der Waals surface area contributed by atoms with Crippen molar-refractivity contribution >= 4 is 0 Å². The number of hydrogen-bond acceptors (Lipinski definition) is 4. The second-order valence-electron chi connectivity index (χ2n) is 4.94. The summed E-state index contributed by atoms with van der Waals surface area (Å²) in [7, 11) is 0. The van der Waals surface area contributed by atoms with E-state index in [4.69, 9.17) is 10.3 Å². The quantitative estimate of drug-likeness (QED) is 0.903. The van der Waals surface area contributed by atoms with Gasteiger partial charge in [-0.1, -0.05) is 24.2 Å². The molecule has 0 fully saturated rings. The minimum absolute atomic E-state index is 0.538. The van der Waals surface area contributed by atoms with E-state index in [1.54, 1.807) is 0 Å². The molecule has 0 aliphatic rings. The second kappa shape index (κ2) is 4.53. The highest BCUT2D eigenvalue weighted by molar-refractivity contribution is 5.60. The van der Waals surface area contributed by atoms with Crippen LogP contribution < -0.4 is 5.73 Å². The molecule has 4 nitrogen and oxygen atoms in total. The lowest BCUT2D eigenvalue weighted by atomic mass is 10.00. The summed E-state index contributed by atoms with van der Waals surface area (Å²) in [5.74, 6) is 1.09. The summed E-state index contributed by atoms with van der Waals surface area (Å²) in [6, 6.07) is 6.04. The lowest BCUT2D eigenvalue weighted by Crippen LogP contribution is -2.33. The van der Waals surface area contributed by atoms with Crippen LogP contribution in [0.15, 0.2) is 22.7 Å². The van der Waals surface area contributed by atoms with Gasteiger partial charge in [0.25, 0.3) is 5.89 Å². The number of aryl methyl sites for hydroxylation is 1. The summed E-state index contributed by atoms with van der Waals surface area (Å²) in [6.07, 6.45) is 0.763. The third-order valence-corrected chi connectivity index (χ3v) is 3.51. The molecule has 2 rings (SSSR count). The Morgan fingerprint density at radius 1 is 1.33 bits per heavy atom. The highest BCUT2D eigenvalue weighted by Crippen LogP contribution is 2.26. The Morgan fingerprint density at radius 3 is 2.72 bits per heavy atom. The Morgan fingerprint density at radius 2 is 2.06 bits per heavy atom. The van der Waals surface area contributed by atoms with Crippen molar-refractivity contribution in [3.8, 4) is 11.5 Å². The van der Waals surface area contributed by atoms with Crippen LogP contribution in [0, 0.1) is 13.8 Å². The zero-order valence-corrected chi connectivity index (χ0v) is 11.3. The maximum Gasteiger partial charge on any atom is 0.258 e. The average molecular weight is 245 g/mol. The summed E-state index contributed by atoms with van der Waals surface area (Å²) in [5.41, 5.74) is 8.90. The van der Waals surface area contributed by atoms with E-state index in [1.807, 2.05) is 26.0 Å². The van der Waals surface area contributed by atoms with Gasteiger partial charge in [0, 0.05) is 5.56 Å². The molecule has 0 spiro atoms.